The van der Waals surface area contributed by atoms with E-state index in [1.165, 1.54) is 9.75 Å². The van der Waals surface area contributed by atoms with Gasteiger partial charge in [-0.1, -0.05) is 5.21 Å². The summed E-state index contributed by atoms with van der Waals surface area (Å²) in [4.78, 5) is 2.69. The number of aromatic nitrogens is 5. The number of fused-ring (bicyclic) bond motifs is 1. The number of ether oxygens (including phenoxy) is 1. The second-order valence-corrected chi connectivity index (χ2v) is 7.42. The van der Waals surface area contributed by atoms with E-state index in [0.29, 0.717) is 6.61 Å². The highest BCUT2D eigenvalue weighted by atomic mass is 32.1. The van der Waals surface area contributed by atoms with Crippen molar-refractivity contribution in [2.45, 2.75) is 32.7 Å². The van der Waals surface area contributed by atoms with Crippen molar-refractivity contribution in [3.8, 4) is 11.3 Å². The summed E-state index contributed by atoms with van der Waals surface area (Å²) in [7, 11) is 1.90. The van der Waals surface area contributed by atoms with E-state index >= 15 is 0 Å². The highest BCUT2D eigenvalue weighted by Crippen LogP contribution is 2.24. The van der Waals surface area contributed by atoms with E-state index in [0.717, 1.165) is 36.6 Å². The van der Waals surface area contributed by atoms with Gasteiger partial charge in [0, 0.05) is 41.7 Å². The number of nitrogens with one attached hydrogen (secondary N) is 1. The predicted molar refractivity (Wildman–Crippen MR) is 91.6 cm³/mol. The first kappa shape index (κ1) is 15.5. The Balaban J connectivity index is 1.37. The van der Waals surface area contributed by atoms with Gasteiger partial charge >= 0.3 is 0 Å². The van der Waals surface area contributed by atoms with Crippen molar-refractivity contribution in [3.05, 3.63) is 40.0 Å². The van der Waals surface area contributed by atoms with Crippen molar-refractivity contribution >= 4 is 11.3 Å². The highest BCUT2D eigenvalue weighted by molar-refractivity contribution is 7.11. The zero-order valence-electron chi connectivity index (χ0n) is 13.8. The number of hydrogen-bond acceptors (Lipinski definition) is 6. The molecule has 3 aromatic heterocycles. The lowest BCUT2D eigenvalue weighted by Gasteiger charge is -2.24. The molecular weight excluding hydrogens is 324 g/mol. The maximum Gasteiger partial charge on any atom is 0.121 e. The van der Waals surface area contributed by atoms with Gasteiger partial charge in [0.25, 0.3) is 0 Å². The molecule has 0 unspecified atom stereocenters. The smallest absolute Gasteiger partial charge is 0.121 e. The summed E-state index contributed by atoms with van der Waals surface area (Å²) in [5, 5.41) is 16.3. The second-order valence-electron chi connectivity index (χ2n) is 6.05. The average molecular weight is 344 g/mol. The molecule has 0 radical (unpaired) electrons. The molecule has 7 nitrogen and oxygen atoms in total. The van der Waals surface area contributed by atoms with E-state index in [1.54, 1.807) is 4.68 Å². The molecule has 0 saturated heterocycles. The summed E-state index contributed by atoms with van der Waals surface area (Å²) in [5.41, 5.74) is 2.86. The average Bonchev–Trinajstić information content (AvgIpc) is 3.27. The van der Waals surface area contributed by atoms with Crippen LogP contribution in [0.15, 0.2) is 24.5 Å². The molecule has 0 aromatic carbocycles. The first-order valence-corrected chi connectivity index (χ1v) is 8.79. The van der Waals surface area contributed by atoms with Gasteiger partial charge in [0.2, 0.25) is 0 Å². The van der Waals surface area contributed by atoms with Gasteiger partial charge in [-0.25, -0.2) is 4.68 Å². The van der Waals surface area contributed by atoms with E-state index < -0.39 is 0 Å². The largest absolute Gasteiger partial charge is 0.369 e. The number of rotatable bonds is 5. The molecule has 126 valence electrons. The van der Waals surface area contributed by atoms with Gasteiger partial charge in [-0.15, -0.1) is 16.4 Å². The van der Waals surface area contributed by atoms with Crippen LogP contribution in [0.2, 0.25) is 0 Å². The predicted octanol–water partition coefficient (Wildman–Crippen LogP) is 1.74. The van der Waals surface area contributed by atoms with Crippen molar-refractivity contribution in [2.24, 2.45) is 7.05 Å². The molecule has 4 rings (SSSR count). The first-order chi connectivity index (χ1) is 11.7. The molecular formula is C16H20N6OS. The van der Waals surface area contributed by atoms with Crippen LogP contribution in [0.4, 0.5) is 0 Å². The Hall–Kier alpha value is -2.03. The van der Waals surface area contributed by atoms with Gasteiger partial charge in [-0.05, 0) is 19.1 Å². The van der Waals surface area contributed by atoms with E-state index in [4.69, 9.17) is 4.74 Å². The van der Waals surface area contributed by atoms with Crippen LogP contribution in [0, 0.1) is 6.92 Å². The Kier molecular flexibility index (Phi) is 4.17. The Morgan fingerprint density at radius 2 is 2.33 bits per heavy atom. The minimum atomic E-state index is 0.113. The molecule has 0 saturated carbocycles. The van der Waals surface area contributed by atoms with E-state index in [1.807, 2.05) is 35.5 Å². The number of hydrogen-bond donors (Lipinski definition) is 1. The normalized spacial score (nSPS) is 17.2. The Morgan fingerprint density at radius 3 is 3.08 bits per heavy atom. The molecule has 0 fully saturated rings. The molecule has 1 aliphatic heterocycles. The summed E-state index contributed by atoms with van der Waals surface area (Å²) >= 11 is 1.83. The van der Waals surface area contributed by atoms with Crippen LogP contribution in [0.3, 0.4) is 0 Å². The van der Waals surface area contributed by atoms with Gasteiger partial charge in [0.1, 0.15) is 5.69 Å². The third-order valence-electron chi connectivity index (χ3n) is 4.12. The minimum absolute atomic E-state index is 0.113. The molecule has 1 aliphatic rings. The fourth-order valence-corrected chi connectivity index (χ4v) is 3.75. The maximum absolute atomic E-state index is 5.99. The fraction of sp³-hybridized carbons (Fsp3) is 0.438. The van der Waals surface area contributed by atoms with Crippen molar-refractivity contribution < 1.29 is 4.74 Å². The van der Waals surface area contributed by atoms with Crippen molar-refractivity contribution in [2.75, 3.05) is 6.54 Å². The molecule has 8 heteroatoms. The second kappa shape index (κ2) is 6.46. The van der Waals surface area contributed by atoms with Crippen molar-refractivity contribution in [1.29, 1.82) is 0 Å². The topological polar surface area (TPSA) is 69.8 Å². The Morgan fingerprint density at radius 1 is 1.42 bits per heavy atom. The highest BCUT2D eigenvalue weighted by Gasteiger charge is 2.24. The molecule has 1 atom stereocenters. The van der Waals surface area contributed by atoms with Gasteiger partial charge in [0.15, 0.2) is 0 Å². The maximum atomic E-state index is 5.99. The lowest BCUT2D eigenvalue weighted by molar-refractivity contribution is 0.00128. The number of thiophene rings is 1. The zero-order chi connectivity index (χ0) is 16.5. The summed E-state index contributed by atoms with van der Waals surface area (Å²) in [6.45, 7) is 5.06. The summed E-state index contributed by atoms with van der Waals surface area (Å²) in [5.74, 6) is 0. The quantitative estimate of drug-likeness (QED) is 0.763. The van der Waals surface area contributed by atoms with E-state index in [9.17, 15) is 0 Å². The first-order valence-electron chi connectivity index (χ1n) is 7.98. The van der Waals surface area contributed by atoms with Crippen molar-refractivity contribution in [1.82, 2.24) is 30.1 Å². The summed E-state index contributed by atoms with van der Waals surface area (Å²) < 4.78 is 9.71. The minimum Gasteiger partial charge on any atom is -0.369 e. The van der Waals surface area contributed by atoms with E-state index in [2.05, 4.69) is 39.8 Å². The monoisotopic (exact) mass is 344 g/mol. The number of nitrogens with zero attached hydrogens (tertiary/aromatic N) is 5. The lowest BCUT2D eigenvalue weighted by Crippen LogP contribution is -2.36. The van der Waals surface area contributed by atoms with Gasteiger partial charge in [-0.2, -0.15) is 5.10 Å². The Bertz CT molecular complexity index is 835. The Labute approximate surface area is 144 Å². The van der Waals surface area contributed by atoms with Crippen LogP contribution >= 0.6 is 11.3 Å². The van der Waals surface area contributed by atoms with Crippen LogP contribution in [0.25, 0.3) is 11.3 Å². The van der Waals surface area contributed by atoms with Crippen LogP contribution in [-0.2, 0) is 31.5 Å². The molecule has 0 amide bonds. The molecule has 0 aliphatic carbocycles. The SMILES string of the molecule is Cc1ccc(CNC[C@@H]2Cn3nnc(-c4cnn(C)c4)c3CO2)s1. The standard InChI is InChI=1S/C16H20N6OS/c1-11-3-4-14(24-11)7-17-6-13-9-22-15(10-23-13)16(19-20-22)12-5-18-21(2)8-12/h3-5,8,13,17H,6-7,9-10H2,1-2H3/t13-/m1/s1. The number of aryl methyl sites for hydroxylation is 2. The van der Waals surface area contributed by atoms with Crippen LogP contribution in [0.1, 0.15) is 15.4 Å². The zero-order valence-corrected chi connectivity index (χ0v) is 14.6. The summed E-state index contributed by atoms with van der Waals surface area (Å²) in [6, 6.07) is 4.32. The fourth-order valence-electron chi connectivity index (χ4n) is 2.89. The molecule has 3 aromatic rings. The molecule has 24 heavy (non-hydrogen) atoms. The van der Waals surface area contributed by atoms with Crippen LogP contribution < -0.4 is 5.32 Å². The lowest BCUT2D eigenvalue weighted by atomic mass is 10.2. The van der Waals surface area contributed by atoms with Gasteiger partial charge < -0.3 is 10.1 Å². The molecule has 0 bridgehead atoms. The third kappa shape index (κ3) is 3.12. The van der Waals surface area contributed by atoms with Crippen LogP contribution in [-0.4, -0.2) is 37.4 Å². The third-order valence-corrected chi connectivity index (χ3v) is 5.12. The summed E-state index contributed by atoms with van der Waals surface area (Å²) in [6.07, 6.45) is 3.87. The van der Waals surface area contributed by atoms with Gasteiger partial charge in [-0.3, -0.25) is 4.68 Å². The molecule has 4 heterocycles. The van der Waals surface area contributed by atoms with Gasteiger partial charge in [0.05, 0.1) is 31.1 Å². The molecule has 1 N–H and O–H groups in total. The van der Waals surface area contributed by atoms with E-state index in [-0.39, 0.29) is 6.10 Å². The van der Waals surface area contributed by atoms with Crippen LogP contribution in [0.5, 0.6) is 0 Å². The van der Waals surface area contributed by atoms with Crippen molar-refractivity contribution in [3.63, 3.8) is 0 Å². The molecule has 0 spiro atoms.